The first-order chi connectivity index (χ1) is 13.4. The summed E-state index contributed by atoms with van der Waals surface area (Å²) in [6, 6.07) is 4.19. The van der Waals surface area contributed by atoms with Crippen LogP contribution in [0.5, 0.6) is 0 Å². The molecule has 0 radical (unpaired) electrons. The molecule has 28 heavy (non-hydrogen) atoms. The molecule has 1 N–H and O–H groups in total. The lowest BCUT2D eigenvalue weighted by molar-refractivity contribution is -0.115. The van der Waals surface area contributed by atoms with Crippen LogP contribution in [-0.2, 0) is 17.0 Å². The zero-order chi connectivity index (χ0) is 20.3. The number of hydrogen-bond acceptors (Lipinski definition) is 6. The Morgan fingerprint density at radius 1 is 1.21 bits per heavy atom. The highest BCUT2D eigenvalue weighted by atomic mass is 32.2. The van der Waals surface area contributed by atoms with E-state index in [-0.39, 0.29) is 5.91 Å². The van der Waals surface area contributed by atoms with Crippen LogP contribution in [0.1, 0.15) is 48.5 Å². The molecule has 8 heteroatoms. The van der Waals surface area contributed by atoms with Gasteiger partial charge in [-0.2, -0.15) is 0 Å². The molecule has 0 fully saturated rings. The van der Waals surface area contributed by atoms with Crippen LogP contribution in [0.4, 0.5) is 10.8 Å². The molecule has 1 aromatic carbocycles. The summed E-state index contributed by atoms with van der Waals surface area (Å²) in [5, 5.41) is 10.6. The Labute approximate surface area is 173 Å². The Hall–Kier alpha value is -2.19. The predicted octanol–water partition coefficient (Wildman–Crippen LogP) is 5.12. The standard InChI is InChI=1S/C20H25N5OS2/c1-6-7-17-22-19(24-23-17)27-10-16-11-28-20(21-16)25(15(5)26)18-13(3)8-12(2)9-14(18)4/h8-9,11H,6-7,10H2,1-5H3,(H,22,23,24). The number of benzene rings is 1. The smallest absolute Gasteiger partial charge is 0.230 e. The third-order valence-corrected chi connectivity index (χ3v) is 6.01. The number of carbonyl (C=O) groups excluding carboxylic acids is 1. The Morgan fingerprint density at radius 2 is 1.93 bits per heavy atom. The Bertz CT molecular complexity index is 956. The zero-order valence-electron chi connectivity index (χ0n) is 16.9. The fourth-order valence-electron chi connectivity index (χ4n) is 3.21. The van der Waals surface area contributed by atoms with Crippen molar-refractivity contribution in [3.05, 3.63) is 45.7 Å². The highest BCUT2D eigenvalue weighted by molar-refractivity contribution is 7.98. The second kappa shape index (κ2) is 8.87. The van der Waals surface area contributed by atoms with Crippen LogP contribution in [0, 0.1) is 20.8 Å². The molecule has 2 heterocycles. The number of nitrogens with zero attached hydrogens (tertiary/aromatic N) is 4. The summed E-state index contributed by atoms with van der Waals surface area (Å²) in [4.78, 5) is 23.3. The van der Waals surface area contributed by atoms with Gasteiger partial charge in [0.2, 0.25) is 11.1 Å². The third kappa shape index (κ3) is 4.62. The van der Waals surface area contributed by atoms with E-state index < -0.39 is 0 Å². The van der Waals surface area contributed by atoms with E-state index in [1.54, 1.807) is 23.6 Å². The van der Waals surface area contributed by atoms with E-state index in [2.05, 4.69) is 41.2 Å². The van der Waals surface area contributed by atoms with E-state index >= 15 is 0 Å². The molecule has 0 saturated carbocycles. The summed E-state index contributed by atoms with van der Waals surface area (Å²) in [6.45, 7) is 9.83. The van der Waals surface area contributed by atoms with Gasteiger partial charge in [0, 0.05) is 24.5 Å². The van der Waals surface area contributed by atoms with Crippen LogP contribution in [0.3, 0.4) is 0 Å². The SMILES string of the molecule is CCCc1nc(SCc2csc(N(C(C)=O)c3c(C)cc(C)cc3C)n2)n[nH]1. The number of amides is 1. The number of anilines is 2. The fourth-order valence-corrected chi connectivity index (χ4v) is 4.90. The summed E-state index contributed by atoms with van der Waals surface area (Å²) in [5.74, 6) is 1.54. The molecule has 0 bridgehead atoms. The largest absolute Gasteiger partial charge is 0.274 e. The zero-order valence-corrected chi connectivity index (χ0v) is 18.5. The summed E-state index contributed by atoms with van der Waals surface area (Å²) in [5.41, 5.74) is 5.17. The van der Waals surface area contributed by atoms with E-state index in [9.17, 15) is 4.79 Å². The van der Waals surface area contributed by atoms with E-state index in [4.69, 9.17) is 4.98 Å². The van der Waals surface area contributed by atoms with Gasteiger partial charge < -0.3 is 0 Å². The number of carbonyl (C=O) groups is 1. The second-order valence-electron chi connectivity index (χ2n) is 6.83. The minimum absolute atomic E-state index is 0.0400. The first-order valence-electron chi connectivity index (χ1n) is 9.26. The first-order valence-corrected chi connectivity index (χ1v) is 11.1. The monoisotopic (exact) mass is 415 g/mol. The number of thiazole rings is 1. The highest BCUT2D eigenvalue weighted by Crippen LogP contribution is 2.35. The number of aromatic nitrogens is 4. The maximum Gasteiger partial charge on any atom is 0.230 e. The quantitative estimate of drug-likeness (QED) is 0.542. The van der Waals surface area contributed by atoms with Crippen molar-refractivity contribution < 1.29 is 4.79 Å². The number of hydrogen-bond donors (Lipinski definition) is 1. The lowest BCUT2D eigenvalue weighted by Gasteiger charge is -2.23. The van der Waals surface area contributed by atoms with Gasteiger partial charge >= 0.3 is 0 Å². The second-order valence-corrected chi connectivity index (χ2v) is 8.61. The average molecular weight is 416 g/mol. The molecule has 6 nitrogen and oxygen atoms in total. The molecule has 0 aliphatic rings. The third-order valence-electron chi connectivity index (χ3n) is 4.25. The van der Waals surface area contributed by atoms with Crippen LogP contribution in [0.15, 0.2) is 22.7 Å². The molecular weight excluding hydrogens is 390 g/mol. The number of aromatic amines is 1. The lowest BCUT2D eigenvalue weighted by atomic mass is 10.0. The Kier molecular flexibility index (Phi) is 6.51. The molecule has 0 spiro atoms. The average Bonchev–Trinajstić information content (AvgIpc) is 3.25. The van der Waals surface area contributed by atoms with E-state index in [0.717, 1.165) is 46.3 Å². The van der Waals surface area contributed by atoms with Crippen LogP contribution in [0.2, 0.25) is 0 Å². The van der Waals surface area contributed by atoms with E-state index in [0.29, 0.717) is 10.9 Å². The van der Waals surface area contributed by atoms with Crippen molar-refractivity contribution in [1.29, 1.82) is 0 Å². The predicted molar refractivity (Wildman–Crippen MR) is 116 cm³/mol. The van der Waals surface area contributed by atoms with Gasteiger partial charge in [0.1, 0.15) is 5.82 Å². The number of nitrogens with one attached hydrogen (secondary N) is 1. The Balaban J connectivity index is 1.79. The van der Waals surface area contributed by atoms with Gasteiger partial charge in [0.25, 0.3) is 0 Å². The van der Waals surface area contributed by atoms with Gasteiger partial charge in [0.15, 0.2) is 5.13 Å². The molecule has 0 saturated heterocycles. The molecule has 0 aliphatic carbocycles. The summed E-state index contributed by atoms with van der Waals surface area (Å²) in [6.07, 6.45) is 1.94. The van der Waals surface area contributed by atoms with Gasteiger partial charge in [-0.05, 0) is 38.3 Å². The normalized spacial score (nSPS) is 11.0. The molecule has 0 unspecified atom stereocenters. The Morgan fingerprint density at radius 3 is 2.57 bits per heavy atom. The van der Waals surface area contributed by atoms with Gasteiger partial charge in [-0.25, -0.2) is 9.97 Å². The van der Waals surface area contributed by atoms with Gasteiger partial charge in [-0.3, -0.25) is 14.8 Å². The highest BCUT2D eigenvalue weighted by Gasteiger charge is 2.22. The maximum absolute atomic E-state index is 12.5. The van der Waals surface area contributed by atoms with Crippen molar-refractivity contribution in [1.82, 2.24) is 20.2 Å². The number of aryl methyl sites for hydroxylation is 4. The molecule has 148 valence electrons. The minimum atomic E-state index is -0.0400. The fraction of sp³-hybridized carbons (Fsp3) is 0.400. The minimum Gasteiger partial charge on any atom is -0.274 e. The number of thioether (sulfide) groups is 1. The lowest BCUT2D eigenvalue weighted by Crippen LogP contribution is -2.24. The number of H-pyrrole nitrogens is 1. The molecular formula is C20H25N5OS2. The molecule has 0 atom stereocenters. The van der Waals surface area contributed by atoms with Gasteiger partial charge in [-0.15, -0.1) is 16.4 Å². The van der Waals surface area contributed by atoms with Crippen LogP contribution < -0.4 is 4.90 Å². The molecule has 3 rings (SSSR count). The number of rotatable bonds is 7. The summed E-state index contributed by atoms with van der Waals surface area (Å²) < 4.78 is 0. The van der Waals surface area contributed by atoms with Crippen LogP contribution in [0.25, 0.3) is 0 Å². The van der Waals surface area contributed by atoms with Gasteiger partial charge in [0.05, 0.1) is 11.4 Å². The molecule has 3 aromatic rings. The molecule has 2 aromatic heterocycles. The van der Waals surface area contributed by atoms with E-state index in [1.165, 1.54) is 16.9 Å². The molecule has 0 aliphatic heterocycles. The van der Waals surface area contributed by atoms with E-state index in [1.807, 2.05) is 19.2 Å². The van der Waals surface area contributed by atoms with Crippen molar-refractivity contribution in [3.63, 3.8) is 0 Å². The van der Waals surface area contributed by atoms with Crippen molar-refractivity contribution in [2.75, 3.05) is 4.90 Å². The molecule has 1 amide bonds. The summed E-state index contributed by atoms with van der Waals surface area (Å²) >= 11 is 3.03. The van der Waals surface area contributed by atoms with Crippen molar-refractivity contribution in [2.45, 2.75) is 58.4 Å². The van der Waals surface area contributed by atoms with Gasteiger partial charge in [-0.1, -0.05) is 36.4 Å². The first kappa shape index (κ1) is 20.5. The van der Waals surface area contributed by atoms with Crippen LogP contribution in [-0.4, -0.2) is 26.1 Å². The topological polar surface area (TPSA) is 74.8 Å². The summed E-state index contributed by atoms with van der Waals surface area (Å²) in [7, 11) is 0. The van der Waals surface area contributed by atoms with Crippen molar-refractivity contribution in [2.24, 2.45) is 0 Å². The van der Waals surface area contributed by atoms with Crippen LogP contribution >= 0.6 is 23.1 Å². The van der Waals surface area contributed by atoms with Crippen molar-refractivity contribution in [3.8, 4) is 0 Å². The van der Waals surface area contributed by atoms with Crippen molar-refractivity contribution >= 4 is 39.8 Å². The maximum atomic E-state index is 12.5.